The Kier molecular flexibility index (Phi) is 5.82. The lowest BCUT2D eigenvalue weighted by molar-refractivity contribution is 0.730. The van der Waals surface area contributed by atoms with E-state index in [1.54, 1.807) is 6.07 Å². The number of rotatable bonds is 5. The van der Waals surface area contributed by atoms with Crippen LogP contribution in [0.25, 0.3) is 6.08 Å². The molecule has 0 spiro atoms. The van der Waals surface area contributed by atoms with Gasteiger partial charge in [-0.25, -0.2) is 0 Å². The summed E-state index contributed by atoms with van der Waals surface area (Å²) in [5.74, 6) is 0. The van der Waals surface area contributed by atoms with E-state index in [1.165, 1.54) is 19.3 Å². The zero-order valence-corrected chi connectivity index (χ0v) is 10.5. The molecule has 15 heavy (non-hydrogen) atoms. The van der Waals surface area contributed by atoms with Crippen molar-refractivity contribution < 1.29 is 0 Å². The van der Waals surface area contributed by atoms with Crippen molar-refractivity contribution in [1.82, 2.24) is 0 Å². The van der Waals surface area contributed by atoms with Crippen LogP contribution in [-0.2, 0) is 0 Å². The van der Waals surface area contributed by atoms with Gasteiger partial charge in [-0.3, -0.25) is 0 Å². The molecule has 0 fully saturated rings. The van der Waals surface area contributed by atoms with Gasteiger partial charge in [-0.15, -0.1) is 0 Å². The number of halogens is 2. The van der Waals surface area contributed by atoms with Crippen molar-refractivity contribution in [3.63, 3.8) is 0 Å². The standard InChI is InChI=1S/C13H16Cl2/c1-2-3-4-5-6-7-11-8-9-12(14)10-13(11)15/h6-10H,2-5H2,1H3. The van der Waals surface area contributed by atoms with Crippen LogP contribution in [0.3, 0.4) is 0 Å². The van der Waals surface area contributed by atoms with Gasteiger partial charge in [0.05, 0.1) is 0 Å². The second-order valence-electron chi connectivity index (χ2n) is 3.56. The third kappa shape index (κ3) is 4.72. The van der Waals surface area contributed by atoms with Gasteiger partial charge in [-0.2, -0.15) is 0 Å². The van der Waals surface area contributed by atoms with Crippen molar-refractivity contribution in [3.05, 3.63) is 39.9 Å². The molecule has 82 valence electrons. The minimum absolute atomic E-state index is 0.683. The topological polar surface area (TPSA) is 0 Å². The van der Waals surface area contributed by atoms with E-state index in [0.717, 1.165) is 12.0 Å². The summed E-state index contributed by atoms with van der Waals surface area (Å²) in [6.45, 7) is 2.21. The number of hydrogen-bond acceptors (Lipinski definition) is 0. The fourth-order valence-corrected chi connectivity index (χ4v) is 1.83. The Hall–Kier alpha value is -0.460. The normalized spacial score (nSPS) is 11.1. The van der Waals surface area contributed by atoms with Crippen LogP contribution in [0.5, 0.6) is 0 Å². The van der Waals surface area contributed by atoms with Gasteiger partial charge >= 0.3 is 0 Å². The zero-order valence-electron chi connectivity index (χ0n) is 8.97. The first kappa shape index (κ1) is 12.6. The second-order valence-corrected chi connectivity index (χ2v) is 4.41. The summed E-state index contributed by atoms with van der Waals surface area (Å²) in [5, 5.41) is 1.40. The van der Waals surface area contributed by atoms with Gasteiger partial charge in [-0.05, 0) is 30.5 Å². The van der Waals surface area contributed by atoms with Crippen LogP contribution in [0.1, 0.15) is 38.2 Å². The second kappa shape index (κ2) is 6.92. The largest absolute Gasteiger partial charge is 0.0843 e. The van der Waals surface area contributed by atoms with E-state index in [-0.39, 0.29) is 0 Å². The Labute approximate surface area is 102 Å². The summed E-state index contributed by atoms with van der Waals surface area (Å²) in [7, 11) is 0. The number of unbranched alkanes of at least 4 members (excludes halogenated alkanes) is 3. The maximum Gasteiger partial charge on any atom is 0.0493 e. The first-order chi connectivity index (χ1) is 7.24. The molecule has 1 aromatic carbocycles. The van der Waals surface area contributed by atoms with Gasteiger partial charge in [0.2, 0.25) is 0 Å². The molecule has 0 N–H and O–H groups in total. The highest BCUT2D eigenvalue weighted by atomic mass is 35.5. The van der Waals surface area contributed by atoms with E-state index >= 15 is 0 Å². The van der Waals surface area contributed by atoms with Crippen molar-refractivity contribution in [3.8, 4) is 0 Å². The molecule has 0 bridgehead atoms. The van der Waals surface area contributed by atoms with E-state index in [4.69, 9.17) is 23.2 Å². The molecule has 1 rings (SSSR count). The molecule has 0 heterocycles. The number of benzene rings is 1. The molecule has 0 unspecified atom stereocenters. The van der Waals surface area contributed by atoms with Gasteiger partial charge in [0.1, 0.15) is 0 Å². The van der Waals surface area contributed by atoms with E-state index in [1.807, 2.05) is 12.1 Å². The van der Waals surface area contributed by atoms with Crippen LogP contribution in [0, 0.1) is 0 Å². The van der Waals surface area contributed by atoms with Crippen molar-refractivity contribution in [1.29, 1.82) is 0 Å². The molecule has 0 radical (unpaired) electrons. The Balaban J connectivity index is 2.49. The van der Waals surface area contributed by atoms with Crippen LogP contribution in [0.15, 0.2) is 24.3 Å². The summed E-state index contributed by atoms with van der Waals surface area (Å²) in [6.07, 6.45) is 9.15. The van der Waals surface area contributed by atoms with Gasteiger partial charge in [0, 0.05) is 10.0 Å². The minimum atomic E-state index is 0.683. The molecule has 0 aliphatic rings. The molecule has 1 aromatic rings. The van der Waals surface area contributed by atoms with Crippen LogP contribution in [0.2, 0.25) is 10.0 Å². The first-order valence-corrected chi connectivity index (χ1v) is 6.11. The lowest BCUT2D eigenvalue weighted by Gasteiger charge is -1.98. The lowest BCUT2D eigenvalue weighted by atomic mass is 10.1. The molecular formula is C13H16Cl2. The monoisotopic (exact) mass is 242 g/mol. The van der Waals surface area contributed by atoms with Crippen molar-refractivity contribution in [2.24, 2.45) is 0 Å². The summed E-state index contributed by atoms with van der Waals surface area (Å²) in [5.41, 5.74) is 1.04. The maximum absolute atomic E-state index is 6.03. The quantitative estimate of drug-likeness (QED) is 0.591. The fraction of sp³-hybridized carbons (Fsp3) is 0.385. The van der Waals surface area contributed by atoms with Crippen LogP contribution >= 0.6 is 23.2 Å². The van der Waals surface area contributed by atoms with Crippen LogP contribution in [-0.4, -0.2) is 0 Å². The summed E-state index contributed by atoms with van der Waals surface area (Å²) in [4.78, 5) is 0. The summed E-state index contributed by atoms with van der Waals surface area (Å²) in [6, 6.07) is 5.58. The molecule has 0 atom stereocenters. The number of allylic oxidation sites excluding steroid dienone is 1. The third-order valence-corrected chi connectivity index (χ3v) is 2.80. The van der Waals surface area contributed by atoms with E-state index in [0.29, 0.717) is 10.0 Å². The molecule has 0 aromatic heterocycles. The molecule has 0 amide bonds. The van der Waals surface area contributed by atoms with Gasteiger partial charge in [0.25, 0.3) is 0 Å². The first-order valence-electron chi connectivity index (χ1n) is 5.35. The SMILES string of the molecule is CCCCCC=Cc1ccc(Cl)cc1Cl. The summed E-state index contributed by atoms with van der Waals surface area (Å²) >= 11 is 11.8. The fourth-order valence-electron chi connectivity index (χ4n) is 1.36. The van der Waals surface area contributed by atoms with Gasteiger partial charge in [-0.1, -0.05) is 61.2 Å². The average molecular weight is 243 g/mol. The highest BCUT2D eigenvalue weighted by molar-refractivity contribution is 6.35. The van der Waals surface area contributed by atoms with Crippen LogP contribution < -0.4 is 0 Å². The molecule has 0 nitrogen and oxygen atoms in total. The molecule has 0 saturated heterocycles. The Morgan fingerprint density at radius 3 is 2.67 bits per heavy atom. The molecular weight excluding hydrogens is 227 g/mol. The smallest absolute Gasteiger partial charge is 0.0493 e. The van der Waals surface area contributed by atoms with Crippen molar-refractivity contribution >= 4 is 29.3 Å². The van der Waals surface area contributed by atoms with E-state index < -0.39 is 0 Å². The predicted octanol–water partition coefficient (Wildman–Crippen LogP) is 5.59. The lowest BCUT2D eigenvalue weighted by Crippen LogP contribution is -1.75. The van der Waals surface area contributed by atoms with E-state index in [9.17, 15) is 0 Å². The average Bonchev–Trinajstić information content (AvgIpc) is 2.20. The summed E-state index contributed by atoms with van der Waals surface area (Å²) < 4.78 is 0. The third-order valence-electron chi connectivity index (χ3n) is 2.23. The Morgan fingerprint density at radius 2 is 2.00 bits per heavy atom. The van der Waals surface area contributed by atoms with Gasteiger partial charge in [0.15, 0.2) is 0 Å². The maximum atomic E-state index is 6.03. The Bertz CT molecular complexity index is 329. The van der Waals surface area contributed by atoms with Crippen molar-refractivity contribution in [2.45, 2.75) is 32.6 Å². The molecule has 2 heteroatoms. The molecule has 0 aliphatic carbocycles. The van der Waals surface area contributed by atoms with Crippen LogP contribution in [0.4, 0.5) is 0 Å². The Morgan fingerprint density at radius 1 is 1.20 bits per heavy atom. The van der Waals surface area contributed by atoms with E-state index in [2.05, 4.69) is 19.1 Å². The predicted molar refractivity (Wildman–Crippen MR) is 69.6 cm³/mol. The molecule has 0 saturated carbocycles. The minimum Gasteiger partial charge on any atom is -0.0843 e. The zero-order chi connectivity index (χ0) is 11.1. The number of hydrogen-bond donors (Lipinski definition) is 0. The van der Waals surface area contributed by atoms with Gasteiger partial charge < -0.3 is 0 Å². The molecule has 0 aliphatic heterocycles. The highest BCUT2D eigenvalue weighted by Gasteiger charge is 1.96. The highest BCUT2D eigenvalue weighted by Crippen LogP contribution is 2.22. The van der Waals surface area contributed by atoms with Crippen molar-refractivity contribution in [2.75, 3.05) is 0 Å².